The van der Waals surface area contributed by atoms with Crippen molar-refractivity contribution in [3.63, 3.8) is 0 Å². The zero-order valence-corrected chi connectivity index (χ0v) is 5.72. The summed E-state index contributed by atoms with van der Waals surface area (Å²) >= 11 is 0. The second kappa shape index (κ2) is 3.89. The van der Waals surface area contributed by atoms with E-state index in [4.69, 9.17) is 5.73 Å². The molecule has 0 aromatic rings. The fourth-order valence-electron chi connectivity index (χ4n) is 0.333. The van der Waals surface area contributed by atoms with Crippen LogP contribution in [0.15, 0.2) is 29.4 Å². The molecule has 0 atom stereocenters. The van der Waals surface area contributed by atoms with Gasteiger partial charge in [0.1, 0.15) is 0 Å². The van der Waals surface area contributed by atoms with E-state index in [0.717, 1.165) is 5.57 Å². The average Bonchev–Trinajstić information content (AvgIpc) is 1.82. The summed E-state index contributed by atoms with van der Waals surface area (Å²) in [5.74, 6) is 0. The molecule has 2 N–H and O–H groups in total. The molecule has 0 radical (unpaired) electrons. The highest BCUT2D eigenvalue weighted by atomic mass is 14.6. The lowest BCUT2D eigenvalue weighted by molar-refractivity contribution is 1.25. The number of nitrogens with zero attached hydrogens (tertiary/aromatic N) is 1. The third-order valence-corrected chi connectivity index (χ3v) is 0.974. The van der Waals surface area contributed by atoms with Crippen molar-refractivity contribution in [2.24, 2.45) is 10.7 Å². The van der Waals surface area contributed by atoms with Crippen LogP contribution in [0.3, 0.4) is 0 Å². The summed E-state index contributed by atoms with van der Waals surface area (Å²) in [6.07, 6.45) is 2.45. The van der Waals surface area contributed by atoms with E-state index in [1.807, 2.05) is 0 Å². The fourth-order valence-corrected chi connectivity index (χ4v) is 0.333. The molecule has 0 rings (SSSR count). The molecule has 0 aliphatic heterocycles. The normalized spacial score (nSPS) is 9.89. The van der Waals surface area contributed by atoms with Gasteiger partial charge in [0.05, 0.1) is 0 Å². The van der Waals surface area contributed by atoms with Crippen molar-refractivity contribution >= 4 is 6.21 Å². The molecule has 2 nitrogen and oxygen atoms in total. The van der Waals surface area contributed by atoms with E-state index in [1.165, 1.54) is 0 Å². The van der Waals surface area contributed by atoms with Crippen LogP contribution in [-0.2, 0) is 0 Å². The monoisotopic (exact) mass is 124 g/mol. The highest BCUT2D eigenvalue weighted by Crippen LogP contribution is 2.00. The van der Waals surface area contributed by atoms with E-state index in [-0.39, 0.29) is 0 Å². The van der Waals surface area contributed by atoms with Crippen molar-refractivity contribution in [3.05, 3.63) is 24.4 Å². The van der Waals surface area contributed by atoms with Gasteiger partial charge in [-0.25, -0.2) is 0 Å². The van der Waals surface area contributed by atoms with Crippen LogP contribution >= 0.6 is 0 Å². The van der Waals surface area contributed by atoms with Crippen molar-refractivity contribution in [2.75, 3.05) is 7.05 Å². The van der Waals surface area contributed by atoms with E-state index < -0.39 is 0 Å². The highest BCUT2D eigenvalue weighted by molar-refractivity contribution is 5.62. The van der Waals surface area contributed by atoms with E-state index >= 15 is 0 Å². The molecule has 0 saturated carbocycles. The van der Waals surface area contributed by atoms with Gasteiger partial charge >= 0.3 is 0 Å². The fraction of sp³-hybridized carbons (Fsp3) is 0.286. The Morgan fingerprint density at radius 2 is 2.22 bits per heavy atom. The van der Waals surface area contributed by atoms with Gasteiger partial charge in [-0.05, 0) is 5.57 Å². The largest absolute Gasteiger partial charge is 0.399 e. The van der Waals surface area contributed by atoms with E-state index in [9.17, 15) is 0 Å². The Bertz CT molecular complexity index is 145. The lowest BCUT2D eigenvalue weighted by atomic mass is 10.2. The Morgan fingerprint density at radius 3 is 2.56 bits per heavy atom. The molecule has 0 unspecified atom stereocenters. The van der Waals surface area contributed by atoms with Gasteiger partial charge in [-0.3, -0.25) is 0 Å². The van der Waals surface area contributed by atoms with Gasteiger partial charge in [0.15, 0.2) is 0 Å². The molecule has 0 aliphatic rings. The number of rotatable bonds is 3. The van der Waals surface area contributed by atoms with Gasteiger partial charge in [0.2, 0.25) is 0 Å². The number of aliphatic imine (C=N–C) groups is 1. The predicted molar refractivity (Wildman–Crippen MR) is 41.5 cm³/mol. The van der Waals surface area contributed by atoms with Crippen molar-refractivity contribution in [1.29, 1.82) is 0 Å². The molecule has 2 heteroatoms. The van der Waals surface area contributed by atoms with Gasteiger partial charge in [0.25, 0.3) is 0 Å². The van der Waals surface area contributed by atoms with E-state index in [1.54, 1.807) is 13.3 Å². The third-order valence-electron chi connectivity index (χ3n) is 0.974. The number of hydrogen-bond donors (Lipinski definition) is 1. The van der Waals surface area contributed by atoms with Crippen molar-refractivity contribution in [1.82, 2.24) is 0 Å². The van der Waals surface area contributed by atoms with Crippen LogP contribution < -0.4 is 5.73 Å². The molecule has 0 spiro atoms. The van der Waals surface area contributed by atoms with Crippen LogP contribution in [-0.4, -0.2) is 13.3 Å². The number of nitrogens with two attached hydrogens (primary N) is 1. The first kappa shape index (κ1) is 7.95. The number of allylic oxidation sites excluding steroid dienone is 1. The Kier molecular flexibility index (Phi) is 3.44. The minimum absolute atomic E-state index is 0.537. The first-order valence-corrected chi connectivity index (χ1v) is 2.71. The molecule has 0 fully saturated rings. The summed E-state index contributed by atoms with van der Waals surface area (Å²) in [5, 5.41) is 0. The van der Waals surface area contributed by atoms with Gasteiger partial charge in [-0.15, -0.1) is 0 Å². The Morgan fingerprint density at radius 1 is 1.67 bits per heavy atom. The highest BCUT2D eigenvalue weighted by Gasteiger charge is 1.89. The molecule has 0 heterocycles. The van der Waals surface area contributed by atoms with E-state index in [0.29, 0.717) is 12.1 Å². The van der Waals surface area contributed by atoms with Crippen LogP contribution in [0.25, 0.3) is 0 Å². The zero-order chi connectivity index (χ0) is 7.28. The molecule has 0 aromatic carbocycles. The quantitative estimate of drug-likeness (QED) is 0.444. The summed E-state index contributed by atoms with van der Waals surface area (Å²) in [4.78, 5) is 3.78. The molecular weight excluding hydrogens is 112 g/mol. The summed E-state index contributed by atoms with van der Waals surface area (Å²) in [5.41, 5.74) is 6.69. The standard InChI is InChI=1S/C7H12N2/c1-6(7(2)8)4-5-9-3/h5H,1-2,4,8H2,3H3/b9-5-. The summed E-state index contributed by atoms with van der Waals surface area (Å²) in [7, 11) is 1.71. The summed E-state index contributed by atoms with van der Waals surface area (Å²) in [6, 6.07) is 0. The molecule has 0 aromatic heterocycles. The molecular formula is C7H12N2. The van der Waals surface area contributed by atoms with Crippen LogP contribution in [0, 0.1) is 0 Å². The van der Waals surface area contributed by atoms with Crippen molar-refractivity contribution in [3.8, 4) is 0 Å². The third kappa shape index (κ3) is 3.53. The molecule has 0 amide bonds. The van der Waals surface area contributed by atoms with Crippen molar-refractivity contribution in [2.45, 2.75) is 6.42 Å². The lowest BCUT2D eigenvalue weighted by Crippen LogP contribution is -1.97. The minimum Gasteiger partial charge on any atom is -0.399 e. The van der Waals surface area contributed by atoms with Crippen molar-refractivity contribution < 1.29 is 0 Å². The SMILES string of the molecule is C=C(N)C(=C)C/C=N\C. The van der Waals surface area contributed by atoms with Gasteiger partial charge in [-0.1, -0.05) is 13.2 Å². The van der Waals surface area contributed by atoms with Crippen LogP contribution in [0.2, 0.25) is 0 Å². The molecule has 9 heavy (non-hydrogen) atoms. The Labute approximate surface area is 55.8 Å². The lowest BCUT2D eigenvalue weighted by Gasteiger charge is -1.97. The second-order valence-electron chi connectivity index (χ2n) is 1.77. The van der Waals surface area contributed by atoms with Crippen LogP contribution in [0.1, 0.15) is 6.42 Å². The summed E-state index contributed by atoms with van der Waals surface area (Å²) < 4.78 is 0. The average molecular weight is 124 g/mol. The maximum absolute atomic E-state index is 5.32. The maximum Gasteiger partial charge on any atom is 0.0273 e. The minimum atomic E-state index is 0.537. The second-order valence-corrected chi connectivity index (χ2v) is 1.77. The first-order chi connectivity index (χ1) is 4.18. The van der Waals surface area contributed by atoms with Gasteiger partial charge < -0.3 is 10.7 Å². The topological polar surface area (TPSA) is 38.4 Å². The van der Waals surface area contributed by atoms with Gasteiger partial charge in [-0.2, -0.15) is 0 Å². The zero-order valence-electron chi connectivity index (χ0n) is 5.72. The number of hydrogen-bond acceptors (Lipinski definition) is 2. The van der Waals surface area contributed by atoms with Crippen LogP contribution in [0.5, 0.6) is 0 Å². The Hall–Kier alpha value is -1.05. The summed E-state index contributed by atoms with van der Waals surface area (Å²) in [6.45, 7) is 7.20. The molecule has 50 valence electrons. The maximum atomic E-state index is 5.32. The van der Waals surface area contributed by atoms with E-state index in [2.05, 4.69) is 18.2 Å². The van der Waals surface area contributed by atoms with Crippen LogP contribution in [0.4, 0.5) is 0 Å². The first-order valence-electron chi connectivity index (χ1n) is 2.71. The Balaban J connectivity index is 3.65. The smallest absolute Gasteiger partial charge is 0.0273 e. The molecule has 0 saturated heterocycles. The van der Waals surface area contributed by atoms with Gasteiger partial charge in [0, 0.05) is 25.4 Å². The predicted octanol–water partition coefficient (Wildman–Crippen LogP) is 1.11. The molecule has 0 bridgehead atoms. The molecule has 0 aliphatic carbocycles.